The smallest absolute Gasteiger partial charge is 0.125 e. The van der Waals surface area contributed by atoms with E-state index in [0.29, 0.717) is 12.5 Å². The van der Waals surface area contributed by atoms with Crippen LogP contribution < -0.4 is 10.1 Å². The number of piperidine rings is 1. The van der Waals surface area contributed by atoms with Crippen molar-refractivity contribution >= 4 is 0 Å². The van der Waals surface area contributed by atoms with Crippen molar-refractivity contribution in [3.05, 3.63) is 29.3 Å². The van der Waals surface area contributed by atoms with Crippen LogP contribution in [-0.4, -0.2) is 25.3 Å². The maximum atomic E-state index is 10.7. The number of aliphatic hydroxyl groups is 1. The highest BCUT2D eigenvalue weighted by atomic mass is 16.5. The van der Waals surface area contributed by atoms with E-state index in [1.165, 1.54) is 5.56 Å². The van der Waals surface area contributed by atoms with Crippen LogP contribution in [0.3, 0.4) is 0 Å². The first-order valence-electron chi connectivity index (χ1n) is 6.68. The Balaban J connectivity index is 2.37. The van der Waals surface area contributed by atoms with E-state index < -0.39 is 5.60 Å². The van der Waals surface area contributed by atoms with Gasteiger partial charge in [-0.2, -0.15) is 0 Å². The van der Waals surface area contributed by atoms with Crippen molar-refractivity contribution < 1.29 is 9.84 Å². The predicted molar refractivity (Wildman–Crippen MR) is 73.1 cm³/mol. The summed E-state index contributed by atoms with van der Waals surface area (Å²) in [4.78, 5) is 0. The molecule has 0 radical (unpaired) electrons. The lowest BCUT2D eigenvalue weighted by atomic mass is 9.85. The predicted octanol–water partition coefficient (Wildman–Crippen LogP) is 2.39. The van der Waals surface area contributed by atoms with E-state index in [4.69, 9.17) is 4.74 Å². The zero-order valence-electron chi connectivity index (χ0n) is 11.5. The second-order valence-electron chi connectivity index (χ2n) is 5.43. The average molecular weight is 249 g/mol. The second-order valence-corrected chi connectivity index (χ2v) is 5.43. The molecule has 0 spiro atoms. The molecule has 0 bridgehead atoms. The van der Waals surface area contributed by atoms with Crippen LogP contribution in [0, 0.1) is 0 Å². The van der Waals surface area contributed by atoms with Crippen LogP contribution in [0.15, 0.2) is 18.2 Å². The first-order chi connectivity index (χ1) is 8.57. The maximum absolute atomic E-state index is 10.7. The second kappa shape index (κ2) is 5.29. The van der Waals surface area contributed by atoms with Gasteiger partial charge in [-0.1, -0.05) is 26.0 Å². The van der Waals surface area contributed by atoms with E-state index >= 15 is 0 Å². The summed E-state index contributed by atoms with van der Waals surface area (Å²) in [6.07, 6.45) is 1.78. The lowest BCUT2D eigenvalue weighted by Gasteiger charge is -2.34. The van der Waals surface area contributed by atoms with E-state index in [0.717, 1.165) is 30.7 Å². The van der Waals surface area contributed by atoms with Crippen LogP contribution in [0.25, 0.3) is 0 Å². The van der Waals surface area contributed by atoms with Gasteiger partial charge in [-0.25, -0.2) is 0 Å². The zero-order valence-corrected chi connectivity index (χ0v) is 11.5. The van der Waals surface area contributed by atoms with Crippen molar-refractivity contribution in [1.82, 2.24) is 5.32 Å². The SMILES string of the molecule is COc1cc(C(C)C)ccc1C1(O)CCCNC1. The van der Waals surface area contributed by atoms with Gasteiger partial charge in [-0.15, -0.1) is 0 Å². The summed E-state index contributed by atoms with van der Waals surface area (Å²) in [5, 5.41) is 14.0. The first kappa shape index (κ1) is 13.4. The third-order valence-corrected chi connectivity index (χ3v) is 3.75. The number of rotatable bonds is 3. The van der Waals surface area contributed by atoms with Crippen LogP contribution in [0.5, 0.6) is 5.75 Å². The van der Waals surface area contributed by atoms with Gasteiger partial charge in [-0.3, -0.25) is 0 Å². The quantitative estimate of drug-likeness (QED) is 0.864. The van der Waals surface area contributed by atoms with E-state index in [1.807, 2.05) is 12.1 Å². The van der Waals surface area contributed by atoms with Crippen molar-refractivity contribution in [3.63, 3.8) is 0 Å². The Morgan fingerprint density at radius 3 is 2.72 bits per heavy atom. The lowest BCUT2D eigenvalue weighted by Crippen LogP contribution is -2.43. The van der Waals surface area contributed by atoms with Gasteiger partial charge < -0.3 is 15.2 Å². The van der Waals surface area contributed by atoms with Crippen LogP contribution in [0.4, 0.5) is 0 Å². The monoisotopic (exact) mass is 249 g/mol. The molecule has 1 aromatic carbocycles. The fourth-order valence-corrected chi connectivity index (χ4v) is 2.57. The molecule has 1 atom stereocenters. The number of methoxy groups -OCH3 is 1. The molecule has 0 saturated carbocycles. The number of hydrogen-bond donors (Lipinski definition) is 2. The van der Waals surface area contributed by atoms with E-state index in [1.54, 1.807) is 7.11 Å². The molecule has 1 unspecified atom stereocenters. The van der Waals surface area contributed by atoms with Crippen LogP contribution >= 0.6 is 0 Å². The Morgan fingerprint density at radius 1 is 1.39 bits per heavy atom. The van der Waals surface area contributed by atoms with Crippen LogP contribution in [-0.2, 0) is 5.60 Å². The normalized spacial score (nSPS) is 24.3. The minimum Gasteiger partial charge on any atom is -0.496 e. The van der Waals surface area contributed by atoms with Crippen molar-refractivity contribution in [2.24, 2.45) is 0 Å². The summed E-state index contributed by atoms with van der Waals surface area (Å²) in [5.41, 5.74) is 1.35. The van der Waals surface area contributed by atoms with Crippen molar-refractivity contribution in [2.75, 3.05) is 20.2 Å². The minimum atomic E-state index is -0.793. The Hall–Kier alpha value is -1.06. The summed E-state index contributed by atoms with van der Waals surface area (Å²) in [6.45, 7) is 5.90. The topological polar surface area (TPSA) is 41.5 Å². The van der Waals surface area contributed by atoms with Gasteiger partial charge in [0.15, 0.2) is 0 Å². The van der Waals surface area contributed by atoms with E-state index in [2.05, 4.69) is 25.2 Å². The number of ether oxygens (including phenoxy) is 1. The Kier molecular flexibility index (Phi) is 3.93. The molecule has 0 aliphatic carbocycles. The van der Waals surface area contributed by atoms with Crippen molar-refractivity contribution in [2.45, 2.75) is 38.2 Å². The molecule has 1 saturated heterocycles. The highest BCUT2D eigenvalue weighted by molar-refractivity contribution is 5.42. The Labute approximate surface area is 109 Å². The summed E-state index contributed by atoms with van der Waals surface area (Å²) in [7, 11) is 1.67. The molecule has 1 aromatic rings. The van der Waals surface area contributed by atoms with Gasteiger partial charge in [0.2, 0.25) is 0 Å². The average Bonchev–Trinajstić information content (AvgIpc) is 2.38. The number of β-amino-alcohol motifs (C(OH)–C–C–N with tert-alkyl or cyclic N) is 1. The highest BCUT2D eigenvalue weighted by Crippen LogP contribution is 2.36. The van der Waals surface area contributed by atoms with Gasteiger partial charge in [0.1, 0.15) is 11.4 Å². The van der Waals surface area contributed by atoms with Gasteiger partial charge in [-0.05, 0) is 36.9 Å². The van der Waals surface area contributed by atoms with Crippen molar-refractivity contribution in [3.8, 4) is 5.75 Å². The van der Waals surface area contributed by atoms with E-state index in [-0.39, 0.29) is 0 Å². The third-order valence-electron chi connectivity index (χ3n) is 3.75. The summed E-state index contributed by atoms with van der Waals surface area (Å²) >= 11 is 0. The van der Waals surface area contributed by atoms with Gasteiger partial charge >= 0.3 is 0 Å². The molecule has 2 N–H and O–H groups in total. The number of nitrogens with one attached hydrogen (secondary N) is 1. The molecule has 18 heavy (non-hydrogen) atoms. The summed E-state index contributed by atoms with van der Waals surface area (Å²) < 4.78 is 5.47. The lowest BCUT2D eigenvalue weighted by molar-refractivity contribution is 0.0102. The molecule has 0 amide bonds. The third kappa shape index (κ3) is 2.52. The fourth-order valence-electron chi connectivity index (χ4n) is 2.57. The molecule has 1 aliphatic rings. The Bertz CT molecular complexity index is 409. The molecule has 0 aromatic heterocycles. The summed E-state index contributed by atoms with van der Waals surface area (Å²) in [6, 6.07) is 6.16. The molecule has 100 valence electrons. The molecule has 3 nitrogen and oxygen atoms in total. The molecule has 1 heterocycles. The summed E-state index contributed by atoms with van der Waals surface area (Å²) in [5.74, 6) is 1.26. The molecule has 1 fully saturated rings. The van der Waals surface area contributed by atoms with Crippen molar-refractivity contribution in [1.29, 1.82) is 0 Å². The molecule has 1 aliphatic heterocycles. The highest BCUT2D eigenvalue weighted by Gasteiger charge is 2.33. The van der Waals surface area contributed by atoms with Gasteiger partial charge in [0.05, 0.1) is 7.11 Å². The number of hydrogen-bond acceptors (Lipinski definition) is 3. The van der Waals surface area contributed by atoms with Crippen LogP contribution in [0.1, 0.15) is 43.7 Å². The molecular formula is C15H23NO2. The number of benzene rings is 1. The largest absolute Gasteiger partial charge is 0.496 e. The molecule has 3 heteroatoms. The Morgan fingerprint density at radius 2 is 2.17 bits per heavy atom. The zero-order chi connectivity index (χ0) is 13.2. The minimum absolute atomic E-state index is 0.465. The molecular weight excluding hydrogens is 226 g/mol. The first-order valence-corrected chi connectivity index (χ1v) is 6.68. The molecule has 2 rings (SSSR count). The van der Waals surface area contributed by atoms with Gasteiger partial charge in [0.25, 0.3) is 0 Å². The van der Waals surface area contributed by atoms with E-state index in [9.17, 15) is 5.11 Å². The standard InChI is InChI=1S/C15H23NO2/c1-11(2)12-5-6-13(14(9-12)18-3)15(17)7-4-8-16-10-15/h5-6,9,11,16-17H,4,7-8,10H2,1-3H3. The van der Waals surface area contributed by atoms with Crippen LogP contribution in [0.2, 0.25) is 0 Å². The fraction of sp³-hybridized carbons (Fsp3) is 0.600. The van der Waals surface area contributed by atoms with Gasteiger partial charge in [0, 0.05) is 12.1 Å². The maximum Gasteiger partial charge on any atom is 0.125 e.